The first kappa shape index (κ1) is 19.6. The zero-order chi connectivity index (χ0) is 19.1. The monoisotopic (exact) mass is 357 g/mol. The van der Waals surface area contributed by atoms with Crippen LogP contribution in [-0.4, -0.2) is 25.7 Å². The van der Waals surface area contributed by atoms with Gasteiger partial charge in [0.05, 0.1) is 13.2 Å². The number of ether oxygens (including phenoxy) is 3. The maximum absolute atomic E-state index is 12.1. The standard InChI is InChI=1S/C21H27NO4/c1-14(2)26-19-10-9-17(11-20(19)24-5)12-22-21(23)13-25-18-8-6-7-15(3)16(18)4/h6-11,14H,12-13H2,1-5H3,(H,22,23). The summed E-state index contributed by atoms with van der Waals surface area (Å²) in [6.45, 7) is 8.30. The van der Waals surface area contributed by atoms with Crippen molar-refractivity contribution in [2.75, 3.05) is 13.7 Å². The Kier molecular flexibility index (Phi) is 6.89. The van der Waals surface area contributed by atoms with Gasteiger partial charge in [0.1, 0.15) is 5.75 Å². The fraction of sp³-hybridized carbons (Fsp3) is 0.381. The van der Waals surface area contributed by atoms with Crippen molar-refractivity contribution in [2.24, 2.45) is 0 Å². The van der Waals surface area contributed by atoms with Gasteiger partial charge in [0.25, 0.3) is 5.91 Å². The van der Waals surface area contributed by atoms with E-state index in [1.807, 2.05) is 64.1 Å². The number of hydrogen-bond donors (Lipinski definition) is 1. The smallest absolute Gasteiger partial charge is 0.258 e. The lowest BCUT2D eigenvalue weighted by Crippen LogP contribution is -2.28. The Labute approximate surface area is 155 Å². The zero-order valence-corrected chi connectivity index (χ0v) is 16.1. The number of methoxy groups -OCH3 is 1. The number of carbonyl (C=O) groups is 1. The summed E-state index contributed by atoms with van der Waals surface area (Å²) in [4.78, 5) is 12.1. The number of rotatable bonds is 8. The third-order valence-electron chi connectivity index (χ3n) is 3.99. The molecular weight excluding hydrogens is 330 g/mol. The first-order valence-electron chi connectivity index (χ1n) is 8.70. The third-order valence-corrected chi connectivity index (χ3v) is 3.99. The van der Waals surface area contributed by atoms with Gasteiger partial charge in [-0.05, 0) is 62.6 Å². The van der Waals surface area contributed by atoms with Crippen molar-refractivity contribution in [2.45, 2.75) is 40.3 Å². The van der Waals surface area contributed by atoms with Gasteiger partial charge in [0, 0.05) is 6.54 Å². The molecule has 1 N–H and O–H groups in total. The molecule has 5 nitrogen and oxygen atoms in total. The highest BCUT2D eigenvalue weighted by molar-refractivity contribution is 5.77. The molecular formula is C21H27NO4. The molecule has 0 atom stereocenters. The highest BCUT2D eigenvalue weighted by Gasteiger charge is 2.09. The minimum atomic E-state index is -0.174. The molecule has 0 bridgehead atoms. The fourth-order valence-electron chi connectivity index (χ4n) is 2.45. The van der Waals surface area contributed by atoms with E-state index in [0.717, 1.165) is 22.4 Å². The first-order valence-corrected chi connectivity index (χ1v) is 8.70. The fourth-order valence-corrected chi connectivity index (χ4v) is 2.45. The van der Waals surface area contributed by atoms with Crippen molar-refractivity contribution < 1.29 is 19.0 Å². The number of hydrogen-bond acceptors (Lipinski definition) is 4. The van der Waals surface area contributed by atoms with Crippen LogP contribution >= 0.6 is 0 Å². The molecule has 2 aromatic rings. The second kappa shape index (κ2) is 9.13. The number of aryl methyl sites for hydroxylation is 1. The van der Waals surface area contributed by atoms with Crippen molar-refractivity contribution in [1.29, 1.82) is 0 Å². The molecule has 140 valence electrons. The molecule has 0 saturated heterocycles. The summed E-state index contributed by atoms with van der Waals surface area (Å²) < 4.78 is 16.7. The highest BCUT2D eigenvalue weighted by Crippen LogP contribution is 2.29. The Morgan fingerprint density at radius 2 is 1.85 bits per heavy atom. The van der Waals surface area contributed by atoms with Crippen molar-refractivity contribution in [3.63, 3.8) is 0 Å². The van der Waals surface area contributed by atoms with Crippen LogP contribution in [0.1, 0.15) is 30.5 Å². The van der Waals surface area contributed by atoms with Crippen LogP contribution in [0, 0.1) is 13.8 Å². The van der Waals surface area contributed by atoms with Crippen LogP contribution in [0.2, 0.25) is 0 Å². The maximum atomic E-state index is 12.1. The van der Waals surface area contributed by atoms with Crippen LogP contribution < -0.4 is 19.5 Å². The minimum absolute atomic E-state index is 0.0179. The van der Waals surface area contributed by atoms with E-state index in [9.17, 15) is 4.79 Å². The summed E-state index contributed by atoms with van der Waals surface area (Å²) in [7, 11) is 1.60. The molecule has 0 heterocycles. The molecule has 0 radical (unpaired) electrons. The summed E-state index contributed by atoms with van der Waals surface area (Å²) >= 11 is 0. The SMILES string of the molecule is COc1cc(CNC(=O)COc2cccc(C)c2C)ccc1OC(C)C. The lowest BCUT2D eigenvalue weighted by molar-refractivity contribution is -0.123. The number of benzene rings is 2. The Morgan fingerprint density at radius 3 is 2.54 bits per heavy atom. The van der Waals surface area contributed by atoms with Gasteiger partial charge < -0.3 is 19.5 Å². The van der Waals surface area contributed by atoms with Crippen LogP contribution in [-0.2, 0) is 11.3 Å². The van der Waals surface area contributed by atoms with Crippen LogP contribution in [0.15, 0.2) is 36.4 Å². The summed E-state index contributed by atoms with van der Waals surface area (Å²) in [6.07, 6.45) is 0.0664. The number of carbonyl (C=O) groups excluding carboxylic acids is 1. The van der Waals surface area contributed by atoms with Gasteiger partial charge in [0.15, 0.2) is 18.1 Å². The van der Waals surface area contributed by atoms with Crippen LogP contribution in [0.3, 0.4) is 0 Å². The second-order valence-electron chi connectivity index (χ2n) is 6.42. The van der Waals surface area contributed by atoms with Gasteiger partial charge in [-0.3, -0.25) is 4.79 Å². The number of nitrogens with one attached hydrogen (secondary N) is 1. The Morgan fingerprint density at radius 1 is 1.08 bits per heavy atom. The molecule has 0 aliphatic heterocycles. The van der Waals surface area contributed by atoms with E-state index in [2.05, 4.69) is 5.32 Å². The molecule has 0 aliphatic carbocycles. The molecule has 1 amide bonds. The van der Waals surface area contributed by atoms with Gasteiger partial charge >= 0.3 is 0 Å². The van der Waals surface area contributed by atoms with E-state index in [0.29, 0.717) is 18.0 Å². The van der Waals surface area contributed by atoms with Gasteiger partial charge in [-0.25, -0.2) is 0 Å². The van der Waals surface area contributed by atoms with Crippen molar-refractivity contribution >= 4 is 5.91 Å². The molecule has 0 spiro atoms. The Balaban J connectivity index is 1.89. The largest absolute Gasteiger partial charge is 0.493 e. The molecule has 0 aromatic heterocycles. The lowest BCUT2D eigenvalue weighted by Gasteiger charge is -2.15. The average Bonchev–Trinajstić information content (AvgIpc) is 2.61. The van der Waals surface area contributed by atoms with Crippen molar-refractivity contribution in [1.82, 2.24) is 5.32 Å². The van der Waals surface area contributed by atoms with E-state index < -0.39 is 0 Å². The van der Waals surface area contributed by atoms with E-state index in [-0.39, 0.29) is 18.6 Å². The molecule has 0 saturated carbocycles. The third kappa shape index (κ3) is 5.41. The Bertz CT molecular complexity index is 756. The predicted molar refractivity (Wildman–Crippen MR) is 102 cm³/mol. The van der Waals surface area contributed by atoms with Crippen molar-refractivity contribution in [3.05, 3.63) is 53.1 Å². The maximum Gasteiger partial charge on any atom is 0.258 e. The van der Waals surface area contributed by atoms with Gasteiger partial charge in [0.2, 0.25) is 0 Å². The predicted octanol–water partition coefficient (Wildman–Crippen LogP) is 3.79. The van der Waals surface area contributed by atoms with E-state index in [1.54, 1.807) is 7.11 Å². The zero-order valence-electron chi connectivity index (χ0n) is 16.1. The minimum Gasteiger partial charge on any atom is -0.493 e. The molecule has 2 rings (SSSR count). The first-order chi connectivity index (χ1) is 12.4. The van der Waals surface area contributed by atoms with E-state index in [1.165, 1.54) is 0 Å². The summed E-state index contributed by atoms with van der Waals surface area (Å²) in [5.41, 5.74) is 3.11. The van der Waals surface area contributed by atoms with Crippen LogP contribution in [0.25, 0.3) is 0 Å². The van der Waals surface area contributed by atoms with Gasteiger partial charge in [-0.2, -0.15) is 0 Å². The summed E-state index contributed by atoms with van der Waals surface area (Å²) in [6, 6.07) is 11.4. The van der Waals surface area contributed by atoms with E-state index >= 15 is 0 Å². The van der Waals surface area contributed by atoms with Crippen LogP contribution in [0.5, 0.6) is 17.2 Å². The van der Waals surface area contributed by atoms with Gasteiger partial charge in [-0.1, -0.05) is 18.2 Å². The summed E-state index contributed by atoms with van der Waals surface area (Å²) in [5.74, 6) is 1.90. The highest BCUT2D eigenvalue weighted by atomic mass is 16.5. The normalized spacial score (nSPS) is 10.5. The topological polar surface area (TPSA) is 56.8 Å². The lowest BCUT2D eigenvalue weighted by atomic mass is 10.1. The van der Waals surface area contributed by atoms with Gasteiger partial charge in [-0.15, -0.1) is 0 Å². The average molecular weight is 357 g/mol. The molecule has 26 heavy (non-hydrogen) atoms. The van der Waals surface area contributed by atoms with Crippen LogP contribution in [0.4, 0.5) is 0 Å². The molecule has 5 heteroatoms. The van der Waals surface area contributed by atoms with Crippen molar-refractivity contribution in [3.8, 4) is 17.2 Å². The molecule has 0 fully saturated rings. The van der Waals surface area contributed by atoms with E-state index in [4.69, 9.17) is 14.2 Å². The quantitative estimate of drug-likeness (QED) is 0.781. The number of amides is 1. The summed E-state index contributed by atoms with van der Waals surface area (Å²) in [5, 5.41) is 2.85. The molecule has 0 unspecified atom stereocenters. The second-order valence-corrected chi connectivity index (χ2v) is 6.42. The Hall–Kier alpha value is -2.69. The molecule has 0 aliphatic rings. The molecule has 2 aromatic carbocycles.